The van der Waals surface area contributed by atoms with Crippen LogP contribution in [-0.2, 0) is 6.18 Å². The van der Waals surface area contributed by atoms with Crippen molar-refractivity contribution in [3.8, 4) is 5.69 Å². The van der Waals surface area contributed by atoms with E-state index in [2.05, 4.69) is 30.9 Å². The molecule has 3 heterocycles. The van der Waals surface area contributed by atoms with E-state index in [4.69, 9.17) is 0 Å². The summed E-state index contributed by atoms with van der Waals surface area (Å²) >= 11 is 1.38. The highest BCUT2D eigenvalue weighted by Crippen LogP contribution is 2.34. The average Bonchev–Trinajstić information content (AvgIpc) is 3.55. The van der Waals surface area contributed by atoms with Gasteiger partial charge in [-0.3, -0.25) is 9.59 Å². The first kappa shape index (κ1) is 28.3. The molecule has 1 saturated carbocycles. The number of thiophene rings is 1. The van der Waals surface area contributed by atoms with E-state index in [0.29, 0.717) is 45.8 Å². The number of halogens is 3. The molecule has 0 atom stereocenters. The monoisotopic (exact) mass is 605 g/mol. The zero-order chi connectivity index (χ0) is 30.5. The maximum atomic E-state index is 13.8. The number of fused-ring (bicyclic) bond motifs is 1. The lowest BCUT2D eigenvalue weighted by molar-refractivity contribution is -0.137. The number of aryl methyl sites for hydroxylation is 3. The van der Waals surface area contributed by atoms with Crippen molar-refractivity contribution in [3.05, 3.63) is 88.1 Å². The summed E-state index contributed by atoms with van der Waals surface area (Å²) in [5, 5.41) is 10.6. The molecular weight excluding hydrogens is 579 g/mol. The molecule has 3 aromatic heterocycles. The van der Waals surface area contributed by atoms with Gasteiger partial charge in [-0.05, 0) is 69.5 Å². The number of alkyl halides is 3. The van der Waals surface area contributed by atoms with Gasteiger partial charge in [-0.1, -0.05) is 6.07 Å². The number of imidazole rings is 1. The minimum atomic E-state index is -4.67. The summed E-state index contributed by atoms with van der Waals surface area (Å²) in [6.45, 7) is 5.20. The van der Waals surface area contributed by atoms with E-state index in [1.54, 1.807) is 50.5 Å². The fourth-order valence-electron chi connectivity index (χ4n) is 4.69. The molecule has 9 nitrogen and oxygen atoms in total. The van der Waals surface area contributed by atoms with Gasteiger partial charge in [0.1, 0.15) is 18.0 Å². The lowest BCUT2D eigenvalue weighted by atomic mass is 10.1. The second-order valence-electron chi connectivity index (χ2n) is 10.5. The Morgan fingerprint density at radius 2 is 1.79 bits per heavy atom. The van der Waals surface area contributed by atoms with Gasteiger partial charge in [0.25, 0.3) is 11.8 Å². The highest BCUT2D eigenvalue weighted by atomic mass is 32.1. The summed E-state index contributed by atoms with van der Waals surface area (Å²) < 4.78 is 43.6. The van der Waals surface area contributed by atoms with E-state index >= 15 is 0 Å². The molecule has 2 amide bonds. The maximum Gasteiger partial charge on any atom is 0.416 e. The van der Waals surface area contributed by atoms with Crippen LogP contribution in [0.1, 0.15) is 56.2 Å². The Labute approximate surface area is 248 Å². The molecule has 1 fully saturated rings. The largest absolute Gasteiger partial charge is 0.416 e. The van der Waals surface area contributed by atoms with Crippen molar-refractivity contribution >= 4 is 50.6 Å². The van der Waals surface area contributed by atoms with Gasteiger partial charge in [-0.25, -0.2) is 15.0 Å². The molecule has 13 heteroatoms. The number of hydrogen-bond donors (Lipinski definition) is 3. The summed E-state index contributed by atoms with van der Waals surface area (Å²) in [5.41, 5.74) is 2.04. The van der Waals surface area contributed by atoms with Crippen LogP contribution in [0.15, 0.2) is 54.3 Å². The van der Waals surface area contributed by atoms with Gasteiger partial charge in [-0.2, -0.15) is 13.2 Å². The number of nitrogens with zero attached hydrogens (tertiary/aromatic N) is 4. The van der Waals surface area contributed by atoms with Gasteiger partial charge in [0.2, 0.25) is 0 Å². The van der Waals surface area contributed by atoms with Gasteiger partial charge >= 0.3 is 6.18 Å². The predicted octanol–water partition coefficient (Wildman–Crippen LogP) is 6.90. The van der Waals surface area contributed by atoms with Crippen molar-refractivity contribution in [2.24, 2.45) is 0 Å². The lowest BCUT2D eigenvalue weighted by Gasteiger charge is -2.15. The molecule has 6 rings (SSSR count). The van der Waals surface area contributed by atoms with Crippen LogP contribution < -0.4 is 16.0 Å². The van der Waals surface area contributed by atoms with Gasteiger partial charge in [0.05, 0.1) is 27.0 Å². The minimum Gasteiger partial charge on any atom is -0.366 e. The van der Waals surface area contributed by atoms with Gasteiger partial charge in [-0.15, -0.1) is 11.3 Å². The van der Waals surface area contributed by atoms with E-state index in [9.17, 15) is 22.8 Å². The molecule has 5 aromatic rings. The second kappa shape index (κ2) is 10.8. The third-order valence-electron chi connectivity index (χ3n) is 7.05. The first-order valence-electron chi connectivity index (χ1n) is 13.4. The van der Waals surface area contributed by atoms with Crippen molar-refractivity contribution in [1.82, 2.24) is 19.5 Å². The molecule has 1 aliphatic rings. The molecular formula is C30H26F3N7O2S. The van der Waals surface area contributed by atoms with E-state index in [0.717, 1.165) is 35.2 Å². The average molecular weight is 606 g/mol. The van der Waals surface area contributed by atoms with Crippen molar-refractivity contribution < 1.29 is 22.8 Å². The van der Waals surface area contributed by atoms with Gasteiger partial charge in [0.15, 0.2) is 0 Å². The van der Waals surface area contributed by atoms with Gasteiger partial charge in [0, 0.05) is 40.2 Å². The third-order valence-corrected chi connectivity index (χ3v) is 8.02. The Hall–Kier alpha value is -4.78. The van der Waals surface area contributed by atoms with E-state index in [1.807, 2.05) is 0 Å². The van der Waals surface area contributed by atoms with E-state index < -0.39 is 17.6 Å². The van der Waals surface area contributed by atoms with Crippen molar-refractivity contribution in [2.45, 2.75) is 45.8 Å². The molecule has 1 aliphatic carbocycles. The first-order chi connectivity index (χ1) is 20.5. The fourth-order valence-corrected chi connectivity index (χ4v) is 5.64. The minimum absolute atomic E-state index is 0.164. The lowest BCUT2D eigenvalue weighted by Crippen LogP contribution is -2.16. The maximum absolute atomic E-state index is 13.8. The molecule has 0 unspecified atom stereocenters. The number of aromatic nitrogens is 4. The van der Waals surface area contributed by atoms with Gasteiger partial charge < -0.3 is 20.5 Å². The topological polar surface area (TPSA) is 114 Å². The smallest absolute Gasteiger partial charge is 0.366 e. The molecule has 0 saturated heterocycles. The fraction of sp³-hybridized carbons (Fsp3) is 0.233. The molecule has 0 bridgehead atoms. The standard InChI is InChI=1S/C30H26F3N7O2S/c1-15-4-5-21(11-24(15)39-29(42)23-13-43-26-25(23)34-14-35-27(26)37-20-6-7-20)38-28(41)18-8-19(30(31,32)33)10-22(9-18)40-12-16(2)36-17(40)3/h4-5,8-14,20H,6-7H2,1-3H3,(H,38,41)(H,39,42)(H,34,35,37). The van der Waals surface area contributed by atoms with Crippen LogP contribution in [0.2, 0.25) is 0 Å². The number of amides is 2. The van der Waals surface area contributed by atoms with E-state index in [1.165, 1.54) is 28.3 Å². The Kier molecular flexibility index (Phi) is 7.12. The molecule has 43 heavy (non-hydrogen) atoms. The van der Waals surface area contributed by atoms with Crippen molar-refractivity contribution in [3.63, 3.8) is 0 Å². The Morgan fingerprint density at radius 1 is 1.00 bits per heavy atom. The number of carbonyl (C=O) groups excluding carboxylic acids is 2. The number of rotatable bonds is 7. The zero-order valence-corrected chi connectivity index (χ0v) is 24.2. The molecule has 220 valence electrons. The van der Waals surface area contributed by atoms with Crippen LogP contribution in [-0.4, -0.2) is 37.4 Å². The van der Waals surface area contributed by atoms with Crippen LogP contribution in [0.3, 0.4) is 0 Å². The van der Waals surface area contributed by atoms with E-state index in [-0.39, 0.29) is 17.2 Å². The molecule has 0 spiro atoms. The number of nitrogens with one attached hydrogen (secondary N) is 3. The Morgan fingerprint density at radius 3 is 2.49 bits per heavy atom. The normalized spacial score (nSPS) is 13.3. The molecule has 2 aromatic carbocycles. The Balaban J connectivity index is 1.25. The molecule has 0 aliphatic heterocycles. The number of anilines is 3. The number of carbonyl (C=O) groups is 2. The van der Waals surface area contributed by atoms with Crippen LogP contribution in [0, 0.1) is 20.8 Å². The summed E-state index contributed by atoms with van der Waals surface area (Å²) in [4.78, 5) is 39.4. The zero-order valence-electron chi connectivity index (χ0n) is 23.3. The van der Waals surface area contributed by atoms with Crippen molar-refractivity contribution in [1.29, 1.82) is 0 Å². The number of hydrogen-bond acceptors (Lipinski definition) is 7. The third kappa shape index (κ3) is 5.93. The SMILES string of the molecule is Cc1cn(-c2cc(C(=O)Nc3ccc(C)c(NC(=O)c4csc5c(NC6CC6)ncnc45)c3)cc(C(F)(F)F)c2)c(C)n1. The highest BCUT2D eigenvalue weighted by Gasteiger charge is 2.32. The summed E-state index contributed by atoms with van der Waals surface area (Å²) in [7, 11) is 0. The molecule has 3 N–H and O–H groups in total. The van der Waals surface area contributed by atoms with Crippen LogP contribution in [0.5, 0.6) is 0 Å². The predicted molar refractivity (Wildman–Crippen MR) is 159 cm³/mol. The van der Waals surface area contributed by atoms with Crippen LogP contribution in [0.4, 0.5) is 30.4 Å². The summed E-state index contributed by atoms with van der Waals surface area (Å²) in [5.74, 6) is 0.0671. The van der Waals surface area contributed by atoms with Crippen LogP contribution >= 0.6 is 11.3 Å². The number of benzene rings is 2. The quantitative estimate of drug-likeness (QED) is 0.186. The summed E-state index contributed by atoms with van der Waals surface area (Å²) in [6, 6.07) is 8.44. The molecule has 0 radical (unpaired) electrons. The van der Waals surface area contributed by atoms with Crippen LogP contribution in [0.25, 0.3) is 15.9 Å². The van der Waals surface area contributed by atoms with Crippen molar-refractivity contribution in [2.75, 3.05) is 16.0 Å². The second-order valence-corrected chi connectivity index (χ2v) is 11.4. The summed E-state index contributed by atoms with van der Waals surface area (Å²) in [6.07, 6.45) is 0.521. The highest BCUT2D eigenvalue weighted by molar-refractivity contribution is 7.18. The Bertz CT molecular complexity index is 1890. The first-order valence-corrected chi connectivity index (χ1v) is 14.3.